The molecule has 0 radical (unpaired) electrons. The Morgan fingerprint density at radius 1 is 1.12 bits per heavy atom. The zero-order chi connectivity index (χ0) is 23.3. The molecule has 33 heavy (non-hydrogen) atoms. The Labute approximate surface area is 195 Å². The Morgan fingerprint density at radius 3 is 2.58 bits per heavy atom. The van der Waals surface area contributed by atoms with E-state index in [0.717, 1.165) is 0 Å². The van der Waals surface area contributed by atoms with Crippen LogP contribution in [0.2, 0.25) is 5.02 Å². The number of nitrogens with one attached hydrogen (secondary N) is 2. The van der Waals surface area contributed by atoms with E-state index < -0.39 is 41.3 Å². The molecule has 3 aliphatic heterocycles. The Morgan fingerprint density at radius 2 is 1.85 bits per heavy atom. The monoisotopic (exact) mass is 469 g/mol. The fourth-order valence-electron chi connectivity index (χ4n) is 5.47. The topological polar surface area (TPSA) is 108 Å². The predicted molar refractivity (Wildman–Crippen MR) is 120 cm³/mol. The zero-order valence-corrected chi connectivity index (χ0v) is 18.7. The lowest BCUT2D eigenvalue weighted by atomic mass is 9.76. The van der Waals surface area contributed by atoms with E-state index in [9.17, 15) is 19.5 Å². The van der Waals surface area contributed by atoms with Crippen molar-refractivity contribution >= 4 is 35.0 Å². The molecule has 0 aromatic heterocycles. The number of aliphatic hydroxyl groups is 1. The lowest BCUT2D eigenvalue weighted by molar-refractivity contribution is -0.143. The minimum Gasteiger partial charge on any atom is -0.387 e. The first-order valence-corrected chi connectivity index (χ1v) is 11.2. The minimum absolute atomic E-state index is 0.196. The molecule has 3 amide bonds. The molecule has 2 saturated heterocycles. The van der Waals surface area contributed by atoms with E-state index in [4.69, 9.17) is 16.3 Å². The van der Waals surface area contributed by atoms with E-state index in [1.54, 1.807) is 55.6 Å². The molecule has 0 unspecified atom stereocenters. The molecule has 2 aromatic rings. The molecule has 8 nitrogen and oxygen atoms in total. The Hall–Kier alpha value is -2.78. The molecule has 2 fully saturated rings. The van der Waals surface area contributed by atoms with Gasteiger partial charge < -0.3 is 15.2 Å². The van der Waals surface area contributed by atoms with E-state index in [0.29, 0.717) is 34.9 Å². The van der Waals surface area contributed by atoms with Crippen molar-refractivity contribution in [3.8, 4) is 0 Å². The van der Waals surface area contributed by atoms with Gasteiger partial charge in [0.25, 0.3) is 0 Å². The standard InChI is InChI=1S/C24H24ClN3O5/c1-33-12-4-11-28-21(30)17-18(22(28)31)24(15-5-2-3-6-16(15)26-23(24)32)27-19(17)20(29)13-7-9-14(25)10-8-13/h2-3,5-10,17-20,27,29H,4,11-12H2,1H3,(H,26,32)/t17-,18-,19-,20-,24-/m1/s1. The molecule has 5 rings (SSSR count). The fraction of sp³-hybridized carbons (Fsp3) is 0.375. The van der Waals surface area contributed by atoms with Crippen LogP contribution in [0, 0.1) is 11.8 Å². The number of benzene rings is 2. The number of halogens is 1. The molecule has 0 aliphatic carbocycles. The van der Waals surface area contributed by atoms with Gasteiger partial charge in [-0.3, -0.25) is 24.6 Å². The second-order valence-corrected chi connectivity index (χ2v) is 9.09. The number of amides is 3. The summed E-state index contributed by atoms with van der Waals surface area (Å²) in [5.74, 6) is -3.07. The molecular weight excluding hydrogens is 446 g/mol. The third-order valence-electron chi connectivity index (χ3n) is 6.93. The summed E-state index contributed by atoms with van der Waals surface area (Å²) >= 11 is 5.99. The SMILES string of the molecule is COCCCN1C(=O)[C@H]2[C@H]([C@H](O)c3ccc(Cl)cc3)N[C@@]3(C(=O)Nc4ccccc43)[C@H]2C1=O. The van der Waals surface area contributed by atoms with Gasteiger partial charge in [0, 0.05) is 36.5 Å². The van der Waals surface area contributed by atoms with Crippen LogP contribution in [0.3, 0.4) is 0 Å². The number of ether oxygens (including phenoxy) is 1. The number of hydrogen-bond acceptors (Lipinski definition) is 6. The first-order chi connectivity index (χ1) is 15.9. The highest BCUT2D eigenvalue weighted by molar-refractivity contribution is 6.30. The quantitative estimate of drug-likeness (QED) is 0.440. The van der Waals surface area contributed by atoms with Crippen LogP contribution in [-0.4, -0.2) is 54.0 Å². The van der Waals surface area contributed by atoms with Crippen molar-refractivity contribution in [1.82, 2.24) is 10.2 Å². The summed E-state index contributed by atoms with van der Waals surface area (Å²) in [6.45, 7) is 0.595. The molecule has 9 heteroatoms. The van der Waals surface area contributed by atoms with E-state index >= 15 is 0 Å². The van der Waals surface area contributed by atoms with Crippen molar-refractivity contribution in [2.75, 3.05) is 25.6 Å². The van der Waals surface area contributed by atoms with Crippen molar-refractivity contribution < 1.29 is 24.2 Å². The van der Waals surface area contributed by atoms with Crippen LogP contribution in [0.25, 0.3) is 0 Å². The van der Waals surface area contributed by atoms with E-state index in [1.807, 2.05) is 0 Å². The molecule has 0 bridgehead atoms. The van der Waals surface area contributed by atoms with Crippen LogP contribution >= 0.6 is 11.6 Å². The number of rotatable bonds is 6. The molecule has 1 spiro atoms. The van der Waals surface area contributed by atoms with Gasteiger partial charge in [-0.25, -0.2) is 0 Å². The lowest BCUT2D eigenvalue weighted by Crippen LogP contribution is -2.54. The number of likely N-dealkylation sites (tertiary alicyclic amines) is 1. The largest absolute Gasteiger partial charge is 0.387 e. The van der Waals surface area contributed by atoms with Gasteiger partial charge in [-0.15, -0.1) is 0 Å². The van der Waals surface area contributed by atoms with Crippen LogP contribution in [0.15, 0.2) is 48.5 Å². The Kier molecular flexibility index (Phi) is 5.49. The highest BCUT2D eigenvalue weighted by Crippen LogP contribution is 2.54. The second kappa shape index (κ2) is 8.22. The van der Waals surface area contributed by atoms with Crippen molar-refractivity contribution in [2.45, 2.75) is 24.1 Å². The molecule has 3 aliphatic rings. The second-order valence-electron chi connectivity index (χ2n) is 8.65. The maximum Gasteiger partial charge on any atom is 0.250 e. The molecule has 0 saturated carbocycles. The molecule has 3 N–H and O–H groups in total. The van der Waals surface area contributed by atoms with Crippen LogP contribution in [0.5, 0.6) is 0 Å². The number of nitrogens with zero attached hydrogens (tertiary/aromatic N) is 1. The number of imide groups is 1. The Bertz CT molecular complexity index is 1120. The summed E-state index contributed by atoms with van der Waals surface area (Å²) in [6, 6.07) is 12.9. The third kappa shape index (κ3) is 3.20. The third-order valence-corrected chi connectivity index (χ3v) is 7.18. The molecule has 2 aromatic carbocycles. The minimum atomic E-state index is -1.44. The normalized spacial score (nSPS) is 28.9. The number of methoxy groups -OCH3 is 1. The van der Waals surface area contributed by atoms with Gasteiger partial charge >= 0.3 is 0 Å². The number of anilines is 1. The molecule has 5 atom stereocenters. The average Bonchev–Trinajstić information content (AvgIpc) is 3.40. The summed E-state index contributed by atoms with van der Waals surface area (Å²) in [6.07, 6.45) is -0.647. The molecular formula is C24H24ClN3O5. The number of fused-ring (bicyclic) bond motifs is 4. The number of hydrogen-bond donors (Lipinski definition) is 3. The summed E-state index contributed by atoms with van der Waals surface area (Å²) in [7, 11) is 1.56. The van der Waals surface area contributed by atoms with E-state index in [1.165, 1.54) is 4.90 Å². The molecule has 3 heterocycles. The van der Waals surface area contributed by atoms with Gasteiger partial charge in [-0.2, -0.15) is 0 Å². The predicted octanol–water partition coefficient (Wildman–Crippen LogP) is 1.83. The van der Waals surface area contributed by atoms with E-state index in [-0.39, 0.29) is 12.5 Å². The number of carbonyl (C=O) groups excluding carboxylic acids is 3. The van der Waals surface area contributed by atoms with Crippen molar-refractivity contribution in [2.24, 2.45) is 11.8 Å². The van der Waals surface area contributed by atoms with Crippen LogP contribution in [0.1, 0.15) is 23.7 Å². The highest BCUT2D eigenvalue weighted by atomic mass is 35.5. The van der Waals surface area contributed by atoms with Gasteiger partial charge in [0.1, 0.15) is 5.54 Å². The summed E-state index contributed by atoms with van der Waals surface area (Å²) in [5.41, 5.74) is 0.295. The van der Waals surface area contributed by atoms with Crippen LogP contribution < -0.4 is 10.6 Å². The summed E-state index contributed by atoms with van der Waals surface area (Å²) in [5, 5.41) is 17.9. The van der Waals surface area contributed by atoms with Gasteiger partial charge in [0.15, 0.2) is 0 Å². The van der Waals surface area contributed by atoms with Crippen molar-refractivity contribution in [1.29, 1.82) is 0 Å². The van der Waals surface area contributed by atoms with Gasteiger partial charge in [-0.1, -0.05) is 41.9 Å². The summed E-state index contributed by atoms with van der Waals surface area (Å²) in [4.78, 5) is 41.7. The first kappa shape index (κ1) is 22.0. The Balaban J connectivity index is 1.60. The first-order valence-electron chi connectivity index (χ1n) is 10.9. The number of carbonyl (C=O) groups is 3. The van der Waals surface area contributed by atoms with Crippen molar-refractivity contribution in [3.05, 3.63) is 64.7 Å². The smallest absolute Gasteiger partial charge is 0.250 e. The summed E-state index contributed by atoms with van der Waals surface area (Å²) < 4.78 is 5.07. The average molecular weight is 470 g/mol. The van der Waals surface area contributed by atoms with Crippen molar-refractivity contribution in [3.63, 3.8) is 0 Å². The lowest BCUT2D eigenvalue weighted by Gasteiger charge is -2.30. The van der Waals surface area contributed by atoms with Crippen LogP contribution in [0.4, 0.5) is 5.69 Å². The van der Waals surface area contributed by atoms with Crippen LogP contribution in [-0.2, 0) is 24.7 Å². The van der Waals surface area contributed by atoms with Gasteiger partial charge in [-0.05, 0) is 30.2 Å². The number of para-hydroxylation sites is 1. The fourth-order valence-corrected chi connectivity index (χ4v) is 5.60. The maximum atomic E-state index is 13.6. The van der Waals surface area contributed by atoms with E-state index in [2.05, 4.69) is 10.6 Å². The molecule has 172 valence electrons. The van der Waals surface area contributed by atoms with Gasteiger partial charge in [0.05, 0.1) is 24.0 Å². The highest BCUT2D eigenvalue weighted by Gasteiger charge is 2.71. The zero-order valence-electron chi connectivity index (χ0n) is 18.0. The maximum absolute atomic E-state index is 13.6. The number of aliphatic hydroxyl groups excluding tert-OH is 1. The van der Waals surface area contributed by atoms with Gasteiger partial charge in [0.2, 0.25) is 17.7 Å².